The minimum Gasteiger partial charge on any atom is -0.493 e. The smallest absolute Gasteiger partial charge is 0.258 e. The summed E-state index contributed by atoms with van der Waals surface area (Å²) in [5.74, 6) is 2.16. The number of hydrogen-bond donors (Lipinski definition) is 1. The summed E-state index contributed by atoms with van der Waals surface area (Å²) in [6.45, 7) is 0.750. The van der Waals surface area contributed by atoms with Gasteiger partial charge in [-0.15, -0.1) is 0 Å². The first kappa shape index (κ1) is 12.8. The fraction of sp³-hybridized carbons (Fsp3) is 0.500. The van der Waals surface area contributed by atoms with E-state index < -0.39 is 5.54 Å². The highest BCUT2D eigenvalue weighted by atomic mass is 16.5. The topological polar surface area (TPSA) is 74.2 Å². The Hall–Kier alpha value is -1.88. The molecule has 0 bridgehead atoms. The van der Waals surface area contributed by atoms with Crippen LogP contribution in [0.15, 0.2) is 22.7 Å². The zero-order chi connectivity index (χ0) is 14.3. The Labute approximate surface area is 123 Å². The molecule has 5 nitrogen and oxygen atoms in total. The molecule has 0 radical (unpaired) electrons. The van der Waals surface area contributed by atoms with Crippen LogP contribution >= 0.6 is 0 Å². The van der Waals surface area contributed by atoms with Gasteiger partial charge in [-0.2, -0.15) is 4.98 Å². The molecule has 1 aromatic carbocycles. The van der Waals surface area contributed by atoms with Gasteiger partial charge in [0.25, 0.3) is 5.89 Å². The molecular formula is C16H19N3O2. The molecule has 1 fully saturated rings. The Balaban J connectivity index is 1.65. The van der Waals surface area contributed by atoms with Crippen LogP contribution in [0.5, 0.6) is 5.75 Å². The summed E-state index contributed by atoms with van der Waals surface area (Å²) in [5, 5.41) is 4.14. The molecule has 110 valence electrons. The lowest BCUT2D eigenvalue weighted by Crippen LogP contribution is -2.39. The maximum atomic E-state index is 6.46. The minimum atomic E-state index is -0.417. The molecule has 0 saturated heterocycles. The summed E-state index contributed by atoms with van der Waals surface area (Å²) in [4.78, 5) is 4.56. The molecule has 1 saturated carbocycles. The molecule has 2 aliphatic rings. The molecule has 4 rings (SSSR count). The lowest BCUT2D eigenvalue weighted by atomic mass is 9.82. The molecule has 0 unspecified atom stereocenters. The molecule has 2 N–H and O–H groups in total. The number of ether oxygens (including phenoxy) is 1. The third-order valence-electron chi connectivity index (χ3n) is 4.55. The van der Waals surface area contributed by atoms with Gasteiger partial charge in [-0.1, -0.05) is 24.4 Å². The van der Waals surface area contributed by atoms with Gasteiger partial charge in [0.1, 0.15) is 5.75 Å². The summed E-state index contributed by atoms with van der Waals surface area (Å²) in [7, 11) is 0. The van der Waals surface area contributed by atoms with Crippen molar-refractivity contribution in [1.29, 1.82) is 0 Å². The van der Waals surface area contributed by atoms with Crippen LogP contribution < -0.4 is 10.5 Å². The van der Waals surface area contributed by atoms with Crippen LogP contribution in [0.3, 0.4) is 0 Å². The van der Waals surface area contributed by atoms with Crippen molar-refractivity contribution < 1.29 is 9.26 Å². The van der Waals surface area contributed by atoms with E-state index in [2.05, 4.69) is 16.2 Å². The van der Waals surface area contributed by atoms with Crippen molar-refractivity contribution in [3.63, 3.8) is 0 Å². The number of nitrogens with zero attached hydrogens (tertiary/aromatic N) is 2. The number of rotatable bonds is 2. The van der Waals surface area contributed by atoms with E-state index in [1.165, 1.54) is 12.0 Å². The van der Waals surface area contributed by atoms with Crippen molar-refractivity contribution in [2.75, 3.05) is 6.61 Å². The van der Waals surface area contributed by atoms with E-state index in [4.69, 9.17) is 15.0 Å². The monoisotopic (exact) mass is 285 g/mol. The van der Waals surface area contributed by atoms with E-state index in [-0.39, 0.29) is 0 Å². The minimum absolute atomic E-state index is 0.417. The van der Waals surface area contributed by atoms with Crippen molar-refractivity contribution in [3.8, 4) is 17.2 Å². The third-order valence-corrected chi connectivity index (χ3v) is 4.55. The van der Waals surface area contributed by atoms with Gasteiger partial charge in [-0.25, -0.2) is 0 Å². The average molecular weight is 285 g/mol. The summed E-state index contributed by atoms with van der Waals surface area (Å²) >= 11 is 0. The molecule has 0 spiro atoms. The SMILES string of the molecule is NC1(c2noc(-c3ccc4c(c3)CCO4)n2)CCCCC1. The average Bonchev–Trinajstić information content (AvgIpc) is 3.17. The zero-order valence-corrected chi connectivity index (χ0v) is 12.0. The van der Waals surface area contributed by atoms with Gasteiger partial charge in [0.2, 0.25) is 0 Å². The molecule has 0 atom stereocenters. The highest BCUT2D eigenvalue weighted by Gasteiger charge is 2.34. The van der Waals surface area contributed by atoms with Crippen molar-refractivity contribution in [3.05, 3.63) is 29.6 Å². The summed E-state index contributed by atoms with van der Waals surface area (Å²) in [6, 6.07) is 6.01. The van der Waals surface area contributed by atoms with Crippen LogP contribution in [0.1, 0.15) is 43.5 Å². The predicted octanol–water partition coefficient (Wildman–Crippen LogP) is 2.79. The van der Waals surface area contributed by atoms with Crippen molar-refractivity contribution in [2.24, 2.45) is 5.73 Å². The highest BCUT2D eigenvalue weighted by molar-refractivity contribution is 5.58. The predicted molar refractivity (Wildman–Crippen MR) is 77.9 cm³/mol. The number of hydrogen-bond acceptors (Lipinski definition) is 5. The van der Waals surface area contributed by atoms with Crippen LogP contribution in [0, 0.1) is 0 Å². The van der Waals surface area contributed by atoms with Crippen LogP contribution in [-0.2, 0) is 12.0 Å². The Morgan fingerprint density at radius 2 is 2.00 bits per heavy atom. The van der Waals surface area contributed by atoms with Crippen molar-refractivity contribution in [2.45, 2.75) is 44.1 Å². The Bertz CT molecular complexity index is 659. The maximum absolute atomic E-state index is 6.46. The van der Waals surface area contributed by atoms with E-state index >= 15 is 0 Å². The van der Waals surface area contributed by atoms with Gasteiger partial charge >= 0.3 is 0 Å². The zero-order valence-electron chi connectivity index (χ0n) is 12.0. The van der Waals surface area contributed by atoms with E-state index in [0.717, 1.165) is 50.0 Å². The lowest BCUT2D eigenvalue weighted by molar-refractivity contribution is 0.275. The van der Waals surface area contributed by atoms with Crippen molar-refractivity contribution in [1.82, 2.24) is 10.1 Å². The second kappa shape index (κ2) is 4.84. The first-order valence-electron chi connectivity index (χ1n) is 7.64. The number of nitrogens with two attached hydrogens (primary N) is 1. The molecular weight excluding hydrogens is 266 g/mol. The second-order valence-electron chi connectivity index (χ2n) is 6.06. The Morgan fingerprint density at radius 1 is 1.14 bits per heavy atom. The first-order valence-corrected chi connectivity index (χ1v) is 7.64. The maximum Gasteiger partial charge on any atom is 0.258 e. The standard InChI is InChI=1S/C16H19N3O2/c17-16(7-2-1-3-8-16)15-18-14(21-19-15)12-4-5-13-11(10-12)6-9-20-13/h4-5,10H,1-3,6-9,17H2. The van der Waals surface area contributed by atoms with Gasteiger partial charge in [-0.3, -0.25) is 0 Å². The molecule has 1 aliphatic carbocycles. The van der Waals surface area contributed by atoms with Crippen LogP contribution in [0.25, 0.3) is 11.5 Å². The largest absolute Gasteiger partial charge is 0.493 e. The first-order chi connectivity index (χ1) is 10.2. The highest BCUT2D eigenvalue weighted by Crippen LogP contribution is 2.35. The van der Waals surface area contributed by atoms with Gasteiger partial charge in [0, 0.05) is 12.0 Å². The Kier molecular flexibility index (Phi) is 2.96. The molecule has 0 amide bonds. The summed E-state index contributed by atoms with van der Waals surface area (Å²) in [5.41, 5.74) is 8.18. The van der Waals surface area contributed by atoms with E-state index in [1.807, 2.05) is 12.1 Å². The van der Waals surface area contributed by atoms with Gasteiger partial charge < -0.3 is 15.0 Å². The number of aromatic nitrogens is 2. The second-order valence-corrected chi connectivity index (χ2v) is 6.06. The summed E-state index contributed by atoms with van der Waals surface area (Å²) < 4.78 is 11.0. The van der Waals surface area contributed by atoms with E-state index in [0.29, 0.717) is 11.7 Å². The fourth-order valence-corrected chi connectivity index (χ4v) is 3.27. The lowest BCUT2D eigenvalue weighted by Gasteiger charge is -2.29. The third kappa shape index (κ3) is 2.21. The molecule has 21 heavy (non-hydrogen) atoms. The molecule has 2 aromatic rings. The molecule has 5 heteroatoms. The molecule has 2 heterocycles. The van der Waals surface area contributed by atoms with Crippen LogP contribution in [-0.4, -0.2) is 16.7 Å². The number of benzene rings is 1. The van der Waals surface area contributed by atoms with E-state index in [9.17, 15) is 0 Å². The van der Waals surface area contributed by atoms with Gasteiger partial charge in [0.05, 0.1) is 12.1 Å². The Morgan fingerprint density at radius 3 is 2.86 bits per heavy atom. The summed E-state index contributed by atoms with van der Waals surface area (Å²) in [6.07, 6.45) is 6.32. The van der Waals surface area contributed by atoms with Crippen LogP contribution in [0.2, 0.25) is 0 Å². The van der Waals surface area contributed by atoms with Gasteiger partial charge in [-0.05, 0) is 36.6 Å². The quantitative estimate of drug-likeness (QED) is 0.918. The normalized spacial score (nSPS) is 20.0. The number of fused-ring (bicyclic) bond motifs is 1. The van der Waals surface area contributed by atoms with Gasteiger partial charge in [0.15, 0.2) is 5.82 Å². The molecule has 1 aliphatic heterocycles. The molecule has 1 aromatic heterocycles. The fourth-order valence-electron chi connectivity index (χ4n) is 3.27. The van der Waals surface area contributed by atoms with Crippen molar-refractivity contribution >= 4 is 0 Å². The van der Waals surface area contributed by atoms with Crippen LogP contribution in [0.4, 0.5) is 0 Å². The van der Waals surface area contributed by atoms with E-state index in [1.54, 1.807) is 0 Å².